The van der Waals surface area contributed by atoms with Gasteiger partial charge in [-0.1, -0.05) is 18.2 Å². The van der Waals surface area contributed by atoms with Gasteiger partial charge in [0, 0.05) is 24.2 Å². The average molecular weight is 197 g/mol. The van der Waals surface area contributed by atoms with E-state index in [4.69, 9.17) is 11.6 Å². The molecule has 2 nitrogen and oxygen atoms in total. The quantitative estimate of drug-likeness (QED) is 0.731. The van der Waals surface area contributed by atoms with Crippen molar-refractivity contribution in [2.24, 2.45) is 0 Å². The lowest BCUT2D eigenvalue weighted by molar-refractivity contribution is 0.411. The highest BCUT2D eigenvalue weighted by atomic mass is 35.5. The number of nitrogens with one attached hydrogen (secondary N) is 1. The second kappa shape index (κ2) is 3.99. The van der Waals surface area contributed by atoms with Crippen molar-refractivity contribution >= 4 is 17.3 Å². The molecular weight excluding hydrogens is 184 g/mol. The monoisotopic (exact) mass is 196 g/mol. The molecule has 1 fully saturated rings. The minimum atomic E-state index is 0.302. The van der Waals surface area contributed by atoms with Crippen LogP contribution in [0.3, 0.4) is 0 Å². The molecule has 1 aromatic rings. The standard InChI is InChI=1S/C10H13ClN2/c11-9-6-7-13(8-9)12-10-4-2-1-3-5-10/h1-5,9,12H,6-8H2. The summed E-state index contributed by atoms with van der Waals surface area (Å²) in [5.41, 5.74) is 4.45. The Bertz CT molecular complexity index is 263. The van der Waals surface area contributed by atoms with E-state index in [9.17, 15) is 0 Å². The number of anilines is 1. The Kier molecular flexibility index (Phi) is 2.71. The Hall–Kier alpha value is -0.730. The topological polar surface area (TPSA) is 15.3 Å². The summed E-state index contributed by atoms with van der Waals surface area (Å²) in [5.74, 6) is 0. The van der Waals surface area contributed by atoms with Crippen molar-refractivity contribution in [1.82, 2.24) is 5.01 Å². The van der Waals surface area contributed by atoms with Gasteiger partial charge in [0.25, 0.3) is 0 Å². The molecule has 1 aromatic carbocycles. The summed E-state index contributed by atoms with van der Waals surface area (Å²) in [5, 5.41) is 2.46. The zero-order valence-corrected chi connectivity index (χ0v) is 8.17. The van der Waals surface area contributed by atoms with E-state index in [0.717, 1.165) is 25.2 Å². The first-order valence-electron chi connectivity index (χ1n) is 4.55. The molecule has 0 aliphatic carbocycles. The van der Waals surface area contributed by atoms with Crippen molar-refractivity contribution in [1.29, 1.82) is 0 Å². The van der Waals surface area contributed by atoms with Crippen LogP contribution in [-0.4, -0.2) is 23.5 Å². The molecule has 3 heteroatoms. The molecule has 0 radical (unpaired) electrons. The molecule has 0 aromatic heterocycles. The predicted molar refractivity (Wildman–Crippen MR) is 55.9 cm³/mol. The fourth-order valence-electron chi connectivity index (χ4n) is 1.51. The maximum atomic E-state index is 5.99. The van der Waals surface area contributed by atoms with Crippen LogP contribution in [0.2, 0.25) is 0 Å². The summed E-state index contributed by atoms with van der Waals surface area (Å²) in [6.07, 6.45) is 1.07. The molecular formula is C10H13ClN2. The number of hydrazine groups is 1. The molecule has 1 heterocycles. The molecule has 0 bridgehead atoms. The zero-order chi connectivity index (χ0) is 9.10. The molecule has 2 rings (SSSR count). The first kappa shape index (κ1) is 8.85. The molecule has 1 N–H and O–H groups in total. The van der Waals surface area contributed by atoms with E-state index in [1.54, 1.807) is 0 Å². The Morgan fingerprint density at radius 1 is 1.31 bits per heavy atom. The highest BCUT2D eigenvalue weighted by Gasteiger charge is 2.19. The number of nitrogens with zero attached hydrogens (tertiary/aromatic N) is 1. The number of para-hydroxylation sites is 1. The van der Waals surface area contributed by atoms with E-state index >= 15 is 0 Å². The molecule has 0 amide bonds. The van der Waals surface area contributed by atoms with E-state index < -0.39 is 0 Å². The lowest BCUT2D eigenvalue weighted by Crippen LogP contribution is -2.27. The van der Waals surface area contributed by atoms with Gasteiger partial charge in [-0.05, 0) is 18.6 Å². The van der Waals surface area contributed by atoms with Crippen LogP contribution < -0.4 is 5.43 Å². The Labute approximate surface area is 83.5 Å². The summed E-state index contributed by atoms with van der Waals surface area (Å²) in [6.45, 7) is 1.96. The van der Waals surface area contributed by atoms with Crippen LogP contribution in [0, 0.1) is 0 Å². The van der Waals surface area contributed by atoms with Crippen LogP contribution >= 0.6 is 11.6 Å². The van der Waals surface area contributed by atoms with Gasteiger partial charge < -0.3 is 5.43 Å². The van der Waals surface area contributed by atoms with Crippen molar-refractivity contribution in [3.8, 4) is 0 Å². The van der Waals surface area contributed by atoms with Gasteiger partial charge in [0.1, 0.15) is 0 Å². The van der Waals surface area contributed by atoms with Crippen LogP contribution in [0.25, 0.3) is 0 Å². The summed E-state index contributed by atoms with van der Waals surface area (Å²) < 4.78 is 0. The smallest absolute Gasteiger partial charge is 0.0494 e. The van der Waals surface area contributed by atoms with Crippen LogP contribution in [-0.2, 0) is 0 Å². The molecule has 70 valence electrons. The Morgan fingerprint density at radius 3 is 2.69 bits per heavy atom. The second-order valence-corrected chi connectivity index (χ2v) is 3.93. The maximum Gasteiger partial charge on any atom is 0.0494 e. The molecule has 1 aliphatic rings. The third-order valence-corrected chi connectivity index (χ3v) is 2.55. The minimum absolute atomic E-state index is 0.302. The van der Waals surface area contributed by atoms with Gasteiger partial charge in [0.15, 0.2) is 0 Å². The summed E-state index contributed by atoms with van der Waals surface area (Å²) >= 11 is 5.99. The van der Waals surface area contributed by atoms with Crippen molar-refractivity contribution in [2.45, 2.75) is 11.8 Å². The van der Waals surface area contributed by atoms with Crippen molar-refractivity contribution in [2.75, 3.05) is 18.5 Å². The molecule has 13 heavy (non-hydrogen) atoms. The number of benzene rings is 1. The van der Waals surface area contributed by atoms with E-state index in [2.05, 4.69) is 22.6 Å². The number of halogens is 1. The number of hydrogen-bond acceptors (Lipinski definition) is 2. The summed E-state index contributed by atoms with van der Waals surface area (Å²) in [4.78, 5) is 0. The van der Waals surface area contributed by atoms with Crippen LogP contribution in [0.15, 0.2) is 30.3 Å². The molecule has 1 unspecified atom stereocenters. The predicted octanol–water partition coefficient (Wildman–Crippen LogP) is 2.33. The fourth-order valence-corrected chi connectivity index (χ4v) is 1.78. The molecule has 0 spiro atoms. The Balaban J connectivity index is 1.92. The van der Waals surface area contributed by atoms with Gasteiger partial charge in [0.2, 0.25) is 0 Å². The van der Waals surface area contributed by atoms with Crippen LogP contribution in [0.4, 0.5) is 5.69 Å². The molecule has 0 saturated carbocycles. The molecule has 1 aliphatic heterocycles. The van der Waals surface area contributed by atoms with Gasteiger partial charge in [-0.25, -0.2) is 5.01 Å². The third-order valence-electron chi connectivity index (χ3n) is 2.19. The number of rotatable bonds is 2. The number of alkyl halides is 1. The summed E-state index contributed by atoms with van der Waals surface area (Å²) in [7, 11) is 0. The van der Waals surface area contributed by atoms with Gasteiger partial charge in [-0.2, -0.15) is 0 Å². The van der Waals surface area contributed by atoms with E-state index in [1.807, 2.05) is 18.2 Å². The van der Waals surface area contributed by atoms with E-state index in [0.29, 0.717) is 5.38 Å². The highest BCUT2D eigenvalue weighted by Crippen LogP contribution is 2.16. The Morgan fingerprint density at radius 2 is 2.08 bits per heavy atom. The largest absolute Gasteiger partial charge is 0.319 e. The van der Waals surface area contributed by atoms with Crippen LogP contribution in [0.1, 0.15) is 6.42 Å². The fraction of sp³-hybridized carbons (Fsp3) is 0.400. The van der Waals surface area contributed by atoms with E-state index in [-0.39, 0.29) is 0 Å². The SMILES string of the molecule is ClC1CCN(Nc2ccccc2)C1. The zero-order valence-electron chi connectivity index (χ0n) is 7.41. The maximum absolute atomic E-state index is 5.99. The third kappa shape index (κ3) is 2.36. The number of hydrogen-bond donors (Lipinski definition) is 1. The van der Waals surface area contributed by atoms with Gasteiger partial charge in [0.05, 0.1) is 0 Å². The van der Waals surface area contributed by atoms with Crippen molar-refractivity contribution < 1.29 is 0 Å². The van der Waals surface area contributed by atoms with Crippen molar-refractivity contribution in [3.63, 3.8) is 0 Å². The highest BCUT2D eigenvalue weighted by molar-refractivity contribution is 6.20. The van der Waals surface area contributed by atoms with Gasteiger partial charge >= 0.3 is 0 Å². The first-order valence-corrected chi connectivity index (χ1v) is 4.99. The van der Waals surface area contributed by atoms with Crippen molar-refractivity contribution in [3.05, 3.63) is 30.3 Å². The molecule has 1 atom stereocenters. The lowest BCUT2D eigenvalue weighted by Gasteiger charge is -2.17. The van der Waals surface area contributed by atoms with Gasteiger partial charge in [-0.3, -0.25) is 0 Å². The second-order valence-electron chi connectivity index (χ2n) is 3.31. The first-order chi connectivity index (χ1) is 6.34. The summed E-state index contributed by atoms with van der Waals surface area (Å²) in [6, 6.07) is 10.2. The van der Waals surface area contributed by atoms with E-state index in [1.165, 1.54) is 0 Å². The molecule has 1 saturated heterocycles. The lowest BCUT2D eigenvalue weighted by atomic mass is 10.3. The average Bonchev–Trinajstić information content (AvgIpc) is 2.53. The van der Waals surface area contributed by atoms with Crippen LogP contribution in [0.5, 0.6) is 0 Å². The van der Waals surface area contributed by atoms with Gasteiger partial charge in [-0.15, -0.1) is 11.6 Å². The minimum Gasteiger partial charge on any atom is -0.319 e. The normalized spacial score (nSPS) is 23.3.